The van der Waals surface area contributed by atoms with Gasteiger partial charge in [-0.2, -0.15) is 9.59 Å². The second-order valence-corrected chi connectivity index (χ2v) is 7.18. The minimum Gasteiger partial charge on any atom is -0.317 e. The summed E-state index contributed by atoms with van der Waals surface area (Å²) in [7, 11) is 0. The van der Waals surface area contributed by atoms with Crippen molar-refractivity contribution >= 4 is 16.9 Å². The van der Waals surface area contributed by atoms with Gasteiger partial charge in [0.15, 0.2) is 0 Å². The molecule has 0 spiro atoms. The van der Waals surface area contributed by atoms with Crippen molar-refractivity contribution in [1.82, 2.24) is 5.32 Å². The molecule has 1 heterocycles. The molecule has 0 bridgehead atoms. The summed E-state index contributed by atoms with van der Waals surface area (Å²) in [6, 6.07) is 13.6. The van der Waals surface area contributed by atoms with Crippen molar-refractivity contribution in [3.8, 4) is 0 Å². The highest BCUT2D eigenvalue weighted by molar-refractivity contribution is 5.86. The molecule has 1 fully saturated rings. The molecular weight excluding hydrogens is 310 g/mol. The van der Waals surface area contributed by atoms with Crippen LogP contribution in [0.15, 0.2) is 36.4 Å². The Morgan fingerprint density at radius 2 is 1.84 bits per heavy atom. The molecule has 0 aromatic heterocycles. The number of rotatable bonds is 5. The topological polar surface area (TPSA) is 46.2 Å². The molecular formula is C22H29NO2. The molecule has 3 heteroatoms. The van der Waals surface area contributed by atoms with Crippen LogP contribution in [0.2, 0.25) is 0 Å². The Labute approximate surface area is 150 Å². The fourth-order valence-electron chi connectivity index (χ4n) is 4.06. The Bertz CT molecular complexity index is 711. The SMILES string of the molecule is CCC1(CCCc2cccc3ccc(C)cc23)CCNCC1.O=C=O. The number of nitrogens with one attached hydrogen (secondary N) is 1. The maximum Gasteiger partial charge on any atom is 0.373 e. The van der Waals surface area contributed by atoms with Gasteiger partial charge in [0.2, 0.25) is 0 Å². The summed E-state index contributed by atoms with van der Waals surface area (Å²) in [5.74, 6) is 0. The van der Waals surface area contributed by atoms with E-state index in [-0.39, 0.29) is 6.15 Å². The van der Waals surface area contributed by atoms with Crippen LogP contribution >= 0.6 is 0 Å². The predicted molar refractivity (Wildman–Crippen MR) is 101 cm³/mol. The van der Waals surface area contributed by atoms with Gasteiger partial charge in [0.25, 0.3) is 0 Å². The standard InChI is InChI=1S/C21H29N.CO2/c1-3-21(12-14-22-15-13-21)11-5-8-18-6-4-7-19-10-9-17(2)16-20(18)19;2-1-3/h4,6-7,9-10,16,22H,3,5,8,11-15H2,1-2H3;. The first-order valence-electron chi connectivity index (χ1n) is 9.32. The van der Waals surface area contributed by atoms with Crippen LogP contribution in [0.25, 0.3) is 10.8 Å². The molecule has 1 aliphatic heterocycles. The first-order chi connectivity index (χ1) is 12.1. The summed E-state index contributed by atoms with van der Waals surface area (Å²) in [4.78, 5) is 16.2. The molecule has 3 rings (SSSR count). The second-order valence-electron chi connectivity index (χ2n) is 7.18. The third-order valence-corrected chi connectivity index (χ3v) is 5.70. The molecule has 2 aromatic rings. The number of fused-ring (bicyclic) bond motifs is 1. The fourth-order valence-corrected chi connectivity index (χ4v) is 4.06. The zero-order valence-corrected chi connectivity index (χ0v) is 15.4. The van der Waals surface area contributed by atoms with E-state index in [4.69, 9.17) is 9.59 Å². The fraction of sp³-hybridized carbons (Fsp3) is 0.500. The lowest BCUT2D eigenvalue weighted by Crippen LogP contribution is -2.36. The third kappa shape index (κ3) is 5.26. The molecule has 1 N–H and O–H groups in total. The summed E-state index contributed by atoms with van der Waals surface area (Å²) in [6.07, 6.45) is 8.23. The molecule has 2 aromatic carbocycles. The largest absolute Gasteiger partial charge is 0.373 e. The second kappa shape index (κ2) is 9.50. The zero-order chi connectivity index (χ0) is 18.1. The number of hydrogen-bond donors (Lipinski definition) is 1. The highest BCUT2D eigenvalue weighted by atomic mass is 16.2. The first kappa shape index (κ1) is 19.4. The minimum atomic E-state index is 0.250. The average Bonchev–Trinajstić information content (AvgIpc) is 2.63. The smallest absolute Gasteiger partial charge is 0.317 e. The first-order valence-corrected chi connectivity index (χ1v) is 9.32. The van der Waals surface area contributed by atoms with Crippen LogP contribution in [0.3, 0.4) is 0 Å². The molecule has 1 saturated heterocycles. The minimum absolute atomic E-state index is 0.250. The molecule has 0 unspecified atom stereocenters. The van der Waals surface area contributed by atoms with E-state index in [0.717, 1.165) is 0 Å². The van der Waals surface area contributed by atoms with Gasteiger partial charge in [-0.1, -0.05) is 55.3 Å². The summed E-state index contributed by atoms with van der Waals surface area (Å²) in [5.41, 5.74) is 3.50. The molecule has 0 amide bonds. The van der Waals surface area contributed by atoms with Gasteiger partial charge in [0, 0.05) is 0 Å². The van der Waals surface area contributed by atoms with Crippen molar-refractivity contribution < 1.29 is 9.59 Å². The van der Waals surface area contributed by atoms with Crippen molar-refractivity contribution in [2.24, 2.45) is 5.41 Å². The molecule has 0 radical (unpaired) electrons. The summed E-state index contributed by atoms with van der Waals surface area (Å²) < 4.78 is 0. The molecule has 3 nitrogen and oxygen atoms in total. The van der Waals surface area contributed by atoms with Gasteiger partial charge in [-0.15, -0.1) is 0 Å². The summed E-state index contributed by atoms with van der Waals surface area (Å²) >= 11 is 0. The van der Waals surface area contributed by atoms with Crippen molar-refractivity contribution in [3.63, 3.8) is 0 Å². The van der Waals surface area contributed by atoms with E-state index < -0.39 is 0 Å². The Balaban J connectivity index is 0.000000701. The van der Waals surface area contributed by atoms with Crippen molar-refractivity contribution in [3.05, 3.63) is 47.5 Å². The molecule has 1 aliphatic rings. The van der Waals surface area contributed by atoms with Gasteiger partial charge in [-0.3, -0.25) is 0 Å². The monoisotopic (exact) mass is 339 g/mol. The highest BCUT2D eigenvalue weighted by Crippen LogP contribution is 2.38. The highest BCUT2D eigenvalue weighted by Gasteiger charge is 2.29. The predicted octanol–water partition coefficient (Wildman–Crippen LogP) is 4.67. The number of benzene rings is 2. The van der Waals surface area contributed by atoms with Crippen LogP contribution in [-0.4, -0.2) is 19.2 Å². The van der Waals surface area contributed by atoms with Gasteiger partial charge < -0.3 is 5.32 Å². The quantitative estimate of drug-likeness (QED) is 0.861. The molecule has 0 aliphatic carbocycles. The lowest BCUT2D eigenvalue weighted by Gasteiger charge is -2.37. The van der Waals surface area contributed by atoms with Crippen LogP contribution in [-0.2, 0) is 16.0 Å². The molecule has 25 heavy (non-hydrogen) atoms. The maximum absolute atomic E-state index is 8.12. The zero-order valence-electron chi connectivity index (χ0n) is 15.4. The Morgan fingerprint density at radius 3 is 2.52 bits per heavy atom. The van der Waals surface area contributed by atoms with Crippen molar-refractivity contribution in [2.75, 3.05) is 13.1 Å². The number of carbonyl (C=O) groups excluding carboxylic acids is 2. The van der Waals surface area contributed by atoms with Crippen LogP contribution in [0.4, 0.5) is 0 Å². The maximum atomic E-state index is 8.12. The molecule has 0 saturated carbocycles. The molecule has 134 valence electrons. The van der Waals surface area contributed by atoms with Crippen LogP contribution in [0.5, 0.6) is 0 Å². The Kier molecular flexibility index (Phi) is 7.36. The van der Waals surface area contributed by atoms with Gasteiger partial charge in [-0.25, -0.2) is 0 Å². The van der Waals surface area contributed by atoms with Crippen LogP contribution in [0.1, 0.15) is 50.2 Å². The number of hydrogen-bond acceptors (Lipinski definition) is 3. The number of aryl methyl sites for hydroxylation is 2. The summed E-state index contributed by atoms with van der Waals surface area (Å²) in [6.45, 7) is 6.99. The van der Waals surface area contributed by atoms with Crippen molar-refractivity contribution in [2.45, 2.75) is 52.4 Å². The summed E-state index contributed by atoms with van der Waals surface area (Å²) in [5, 5.41) is 6.35. The van der Waals surface area contributed by atoms with Crippen LogP contribution < -0.4 is 5.32 Å². The van der Waals surface area contributed by atoms with E-state index in [1.54, 1.807) is 0 Å². The Morgan fingerprint density at radius 1 is 1.12 bits per heavy atom. The average molecular weight is 339 g/mol. The van der Waals surface area contributed by atoms with Crippen molar-refractivity contribution in [1.29, 1.82) is 0 Å². The van der Waals surface area contributed by atoms with E-state index in [1.165, 1.54) is 73.5 Å². The normalized spacial score (nSPS) is 15.9. The van der Waals surface area contributed by atoms with E-state index in [9.17, 15) is 0 Å². The van der Waals surface area contributed by atoms with Gasteiger partial charge in [-0.05, 0) is 73.9 Å². The van der Waals surface area contributed by atoms with Crippen LogP contribution in [0, 0.1) is 12.3 Å². The van der Waals surface area contributed by atoms with Gasteiger partial charge in [0.05, 0.1) is 0 Å². The van der Waals surface area contributed by atoms with E-state index >= 15 is 0 Å². The van der Waals surface area contributed by atoms with E-state index in [2.05, 4.69) is 55.6 Å². The number of piperidine rings is 1. The van der Waals surface area contributed by atoms with E-state index in [1.807, 2.05) is 0 Å². The lowest BCUT2D eigenvalue weighted by atomic mass is 9.73. The molecule has 0 atom stereocenters. The van der Waals surface area contributed by atoms with Gasteiger partial charge in [0.1, 0.15) is 0 Å². The lowest BCUT2D eigenvalue weighted by molar-refractivity contribution is -0.191. The van der Waals surface area contributed by atoms with E-state index in [0.29, 0.717) is 5.41 Å². The Hall–Kier alpha value is -1.96. The third-order valence-electron chi connectivity index (χ3n) is 5.70. The van der Waals surface area contributed by atoms with Gasteiger partial charge >= 0.3 is 6.15 Å².